The Morgan fingerprint density at radius 2 is 1.86 bits per heavy atom. The Balaban J connectivity index is 2.31. The first kappa shape index (κ1) is 16.8. The molecule has 1 aromatic carbocycles. The van der Waals surface area contributed by atoms with E-state index in [1.807, 2.05) is 0 Å². The van der Waals surface area contributed by atoms with E-state index in [0.717, 1.165) is 23.2 Å². The molecule has 2 rings (SSSR count). The van der Waals surface area contributed by atoms with Gasteiger partial charge in [-0.05, 0) is 63.3 Å². The third-order valence-electron chi connectivity index (χ3n) is 5.61. The van der Waals surface area contributed by atoms with E-state index in [2.05, 4.69) is 74.1 Å². The van der Waals surface area contributed by atoms with Crippen molar-refractivity contribution in [1.82, 2.24) is 5.32 Å². The van der Waals surface area contributed by atoms with Crippen LogP contribution in [0.3, 0.4) is 0 Å². The zero-order valence-electron chi connectivity index (χ0n) is 14.1. The van der Waals surface area contributed by atoms with Gasteiger partial charge in [0.2, 0.25) is 0 Å². The summed E-state index contributed by atoms with van der Waals surface area (Å²) < 4.78 is 6.38. The van der Waals surface area contributed by atoms with Crippen molar-refractivity contribution < 1.29 is 4.74 Å². The highest BCUT2D eigenvalue weighted by Crippen LogP contribution is 2.72. The molecule has 0 radical (unpaired) electrons. The SMILES string of the molecule is CCCNC(c1ccc(OC)c(Br)c1)C1C(C)(C)C1(C)C. The van der Waals surface area contributed by atoms with Gasteiger partial charge in [-0.2, -0.15) is 0 Å². The Kier molecular flexibility index (Phi) is 4.75. The molecule has 0 spiro atoms. The molecule has 1 fully saturated rings. The van der Waals surface area contributed by atoms with E-state index in [-0.39, 0.29) is 0 Å². The van der Waals surface area contributed by atoms with Crippen LogP contribution in [0.1, 0.15) is 52.6 Å². The lowest BCUT2D eigenvalue weighted by Crippen LogP contribution is -2.26. The number of ether oxygens (including phenoxy) is 1. The number of nitrogens with one attached hydrogen (secondary N) is 1. The van der Waals surface area contributed by atoms with Crippen molar-refractivity contribution in [3.8, 4) is 5.75 Å². The first-order chi connectivity index (χ1) is 9.77. The number of hydrogen-bond acceptors (Lipinski definition) is 2. The highest BCUT2D eigenvalue weighted by Gasteiger charge is 2.67. The molecule has 1 saturated carbocycles. The van der Waals surface area contributed by atoms with Gasteiger partial charge in [-0.3, -0.25) is 0 Å². The second kappa shape index (κ2) is 5.92. The largest absolute Gasteiger partial charge is 0.496 e. The zero-order valence-corrected chi connectivity index (χ0v) is 15.7. The Morgan fingerprint density at radius 1 is 1.24 bits per heavy atom. The molecule has 0 aromatic heterocycles. The van der Waals surface area contributed by atoms with E-state index in [9.17, 15) is 0 Å². The molecule has 1 aromatic rings. The second-order valence-corrected chi connectivity index (χ2v) is 8.10. The lowest BCUT2D eigenvalue weighted by atomic mass is 9.96. The van der Waals surface area contributed by atoms with Gasteiger partial charge >= 0.3 is 0 Å². The Hall–Kier alpha value is -0.540. The molecule has 1 aliphatic carbocycles. The fraction of sp³-hybridized carbons (Fsp3) is 0.667. The molecule has 118 valence electrons. The van der Waals surface area contributed by atoms with Gasteiger partial charge < -0.3 is 10.1 Å². The Labute approximate surface area is 137 Å². The van der Waals surface area contributed by atoms with Gasteiger partial charge in [0.15, 0.2) is 0 Å². The van der Waals surface area contributed by atoms with Crippen LogP contribution in [0, 0.1) is 16.7 Å². The monoisotopic (exact) mass is 353 g/mol. The minimum absolute atomic E-state index is 0.366. The predicted octanol–water partition coefficient (Wildman–Crippen LogP) is 5.18. The maximum absolute atomic E-state index is 5.35. The van der Waals surface area contributed by atoms with E-state index < -0.39 is 0 Å². The Bertz CT molecular complexity index is 496. The predicted molar refractivity (Wildman–Crippen MR) is 92.8 cm³/mol. The lowest BCUT2D eigenvalue weighted by Gasteiger charge is -2.22. The molecule has 0 heterocycles. The molecule has 21 heavy (non-hydrogen) atoms. The minimum Gasteiger partial charge on any atom is -0.496 e. The molecule has 1 atom stereocenters. The van der Waals surface area contributed by atoms with Gasteiger partial charge in [0.05, 0.1) is 11.6 Å². The second-order valence-electron chi connectivity index (χ2n) is 7.25. The fourth-order valence-corrected chi connectivity index (χ4v) is 4.24. The van der Waals surface area contributed by atoms with Crippen LogP contribution in [0.2, 0.25) is 0 Å². The van der Waals surface area contributed by atoms with E-state index in [0.29, 0.717) is 22.8 Å². The van der Waals surface area contributed by atoms with Gasteiger partial charge in [-0.15, -0.1) is 0 Å². The number of methoxy groups -OCH3 is 1. The van der Waals surface area contributed by atoms with Crippen LogP contribution in [-0.4, -0.2) is 13.7 Å². The summed E-state index contributed by atoms with van der Waals surface area (Å²) in [5.41, 5.74) is 2.08. The van der Waals surface area contributed by atoms with Gasteiger partial charge in [-0.25, -0.2) is 0 Å². The average Bonchev–Trinajstić information content (AvgIpc) is 2.82. The van der Waals surface area contributed by atoms with E-state index in [1.54, 1.807) is 7.11 Å². The molecule has 0 bridgehead atoms. The maximum Gasteiger partial charge on any atom is 0.133 e. The Morgan fingerprint density at radius 3 is 2.29 bits per heavy atom. The van der Waals surface area contributed by atoms with E-state index in [1.165, 1.54) is 5.56 Å². The molecule has 0 aliphatic heterocycles. The molecule has 0 saturated heterocycles. The van der Waals surface area contributed by atoms with Crippen molar-refractivity contribution in [3.05, 3.63) is 28.2 Å². The van der Waals surface area contributed by atoms with Crippen LogP contribution in [0.15, 0.2) is 22.7 Å². The van der Waals surface area contributed by atoms with Crippen molar-refractivity contribution in [2.75, 3.05) is 13.7 Å². The van der Waals surface area contributed by atoms with Crippen molar-refractivity contribution in [1.29, 1.82) is 0 Å². The molecule has 1 N–H and O–H groups in total. The van der Waals surface area contributed by atoms with Crippen LogP contribution in [0.25, 0.3) is 0 Å². The van der Waals surface area contributed by atoms with Crippen molar-refractivity contribution in [2.24, 2.45) is 16.7 Å². The summed E-state index contributed by atoms with van der Waals surface area (Å²) >= 11 is 3.62. The van der Waals surface area contributed by atoms with E-state index in [4.69, 9.17) is 4.74 Å². The van der Waals surface area contributed by atoms with Gasteiger partial charge in [0.25, 0.3) is 0 Å². The summed E-state index contributed by atoms with van der Waals surface area (Å²) in [5.74, 6) is 1.54. The topological polar surface area (TPSA) is 21.3 Å². The van der Waals surface area contributed by atoms with Crippen LogP contribution in [-0.2, 0) is 0 Å². The smallest absolute Gasteiger partial charge is 0.133 e. The van der Waals surface area contributed by atoms with E-state index >= 15 is 0 Å². The fourth-order valence-electron chi connectivity index (χ4n) is 3.68. The van der Waals surface area contributed by atoms with Gasteiger partial charge in [-0.1, -0.05) is 40.7 Å². The summed E-state index contributed by atoms with van der Waals surface area (Å²) in [6.07, 6.45) is 1.15. The van der Waals surface area contributed by atoms with Crippen LogP contribution < -0.4 is 10.1 Å². The normalized spacial score (nSPS) is 21.1. The molecular formula is C18H28BrNO. The number of halogens is 1. The number of rotatable bonds is 6. The van der Waals surface area contributed by atoms with Crippen LogP contribution in [0.5, 0.6) is 5.75 Å². The molecule has 0 amide bonds. The van der Waals surface area contributed by atoms with Gasteiger partial charge in [0, 0.05) is 6.04 Å². The van der Waals surface area contributed by atoms with Crippen molar-refractivity contribution in [2.45, 2.75) is 47.1 Å². The molecule has 1 aliphatic rings. The van der Waals surface area contributed by atoms with Crippen molar-refractivity contribution >= 4 is 15.9 Å². The summed E-state index contributed by atoms with van der Waals surface area (Å²) in [6, 6.07) is 6.86. The molecule has 1 unspecified atom stereocenters. The third kappa shape index (κ3) is 2.87. The standard InChI is InChI=1S/C18H28BrNO/c1-7-10-20-15(16-17(2,3)18(16,4)5)12-8-9-14(21-6)13(19)11-12/h8-9,11,15-16,20H,7,10H2,1-6H3. The maximum atomic E-state index is 5.35. The molecule has 3 heteroatoms. The summed E-state index contributed by atoms with van der Waals surface area (Å²) in [4.78, 5) is 0. The van der Waals surface area contributed by atoms with Gasteiger partial charge in [0.1, 0.15) is 5.75 Å². The minimum atomic E-state index is 0.366. The van der Waals surface area contributed by atoms with Crippen LogP contribution in [0.4, 0.5) is 0 Å². The first-order valence-corrected chi connectivity index (χ1v) is 8.63. The quantitative estimate of drug-likeness (QED) is 0.760. The summed E-state index contributed by atoms with van der Waals surface area (Å²) in [7, 11) is 1.71. The highest BCUT2D eigenvalue weighted by atomic mass is 79.9. The molecule has 2 nitrogen and oxygen atoms in total. The number of benzene rings is 1. The molecular weight excluding hydrogens is 326 g/mol. The third-order valence-corrected chi connectivity index (χ3v) is 6.23. The lowest BCUT2D eigenvalue weighted by molar-refractivity contribution is 0.402. The summed E-state index contributed by atoms with van der Waals surface area (Å²) in [6.45, 7) is 12.8. The summed E-state index contributed by atoms with van der Waals surface area (Å²) in [5, 5.41) is 3.76. The number of hydrogen-bond donors (Lipinski definition) is 1. The highest BCUT2D eigenvalue weighted by molar-refractivity contribution is 9.10. The van der Waals surface area contributed by atoms with Crippen LogP contribution >= 0.6 is 15.9 Å². The zero-order chi connectivity index (χ0) is 15.8. The average molecular weight is 354 g/mol. The first-order valence-electron chi connectivity index (χ1n) is 7.84. The van der Waals surface area contributed by atoms with Crippen molar-refractivity contribution in [3.63, 3.8) is 0 Å².